The molecule has 0 aliphatic heterocycles. The number of thiazole rings is 1. The van der Waals surface area contributed by atoms with E-state index < -0.39 is 5.97 Å². The van der Waals surface area contributed by atoms with Crippen LogP contribution in [-0.2, 0) is 29.1 Å². The van der Waals surface area contributed by atoms with Crippen molar-refractivity contribution in [2.75, 3.05) is 13.2 Å². The number of hydrogen-bond acceptors (Lipinski definition) is 7. The van der Waals surface area contributed by atoms with Gasteiger partial charge in [0.1, 0.15) is 11.6 Å². The highest BCUT2D eigenvalue weighted by Crippen LogP contribution is 2.29. The molecule has 1 aromatic heterocycles. The number of esters is 1. The van der Waals surface area contributed by atoms with E-state index in [1.807, 2.05) is 37.3 Å². The zero-order valence-corrected chi connectivity index (χ0v) is 20.5. The first-order valence-corrected chi connectivity index (χ1v) is 12.1. The van der Waals surface area contributed by atoms with Gasteiger partial charge < -0.3 is 19.5 Å². The van der Waals surface area contributed by atoms with Gasteiger partial charge in [-0.1, -0.05) is 44.2 Å². The molecule has 3 aromatic rings. The van der Waals surface area contributed by atoms with Crippen molar-refractivity contribution in [1.29, 1.82) is 0 Å². The molecule has 0 atom stereocenters. The summed E-state index contributed by atoms with van der Waals surface area (Å²) in [7, 11) is 0. The van der Waals surface area contributed by atoms with Crippen LogP contribution in [0.2, 0.25) is 0 Å². The highest BCUT2D eigenvalue weighted by molar-refractivity contribution is 7.09. The monoisotopic (exact) mass is 482 g/mol. The van der Waals surface area contributed by atoms with Crippen molar-refractivity contribution >= 4 is 23.2 Å². The van der Waals surface area contributed by atoms with E-state index in [1.54, 1.807) is 23.6 Å². The molecule has 0 aliphatic rings. The number of rotatable bonds is 12. The summed E-state index contributed by atoms with van der Waals surface area (Å²) in [5, 5.41) is 5.35. The van der Waals surface area contributed by atoms with Crippen LogP contribution in [-0.4, -0.2) is 30.1 Å². The van der Waals surface area contributed by atoms with Crippen molar-refractivity contribution < 1.29 is 23.8 Å². The predicted molar refractivity (Wildman–Crippen MR) is 131 cm³/mol. The van der Waals surface area contributed by atoms with Crippen molar-refractivity contribution in [1.82, 2.24) is 10.3 Å². The van der Waals surface area contributed by atoms with E-state index in [9.17, 15) is 9.59 Å². The molecule has 1 amide bonds. The minimum Gasteiger partial charge on any atom is -0.490 e. The molecule has 0 fully saturated rings. The number of amides is 1. The second-order valence-electron chi connectivity index (χ2n) is 8.05. The SMILES string of the molecule is CCOc1cc(C(=O)OCc2csc(CC(=O)NCc3ccccc3)n2)ccc1OCC(C)C. The maximum atomic E-state index is 12.5. The third-order valence-electron chi connectivity index (χ3n) is 4.65. The third kappa shape index (κ3) is 7.88. The lowest BCUT2D eigenvalue weighted by molar-refractivity contribution is -0.120. The minimum absolute atomic E-state index is 0.0243. The molecule has 34 heavy (non-hydrogen) atoms. The van der Waals surface area contributed by atoms with E-state index >= 15 is 0 Å². The molecular formula is C26H30N2O5S. The number of hydrogen-bond donors (Lipinski definition) is 1. The molecule has 3 rings (SSSR count). The third-order valence-corrected chi connectivity index (χ3v) is 5.54. The Labute approximate surface area is 204 Å². The van der Waals surface area contributed by atoms with Crippen molar-refractivity contribution in [3.8, 4) is 11.5 Å². The largest absolute Gasteiger partial charge is 0.490 e. The van der Waals surface area contributed by atoms with Gasteiger partial charge in [0.2, 0.25) is 5.91 Å². The molecule has 0 saturated heterocycles. The van der Waals surface area contributed by atoms with Crippen molar-refractivity contribution in [2.45, 2.75) is 40.3 Å². The summed E-state index contributed by atoms with van der Waals surface area (Å²) in [6.45, 7) is 7.51. The number of carbonyl (C=O) groups excluding carboxylic acids is 2. The Bertz CT molecular complexity index is 1080. The number of ether oxygens (including phenoxy) is 3. The molecule has 0 bridgehead atoms. The van der Waals surface area contributed by atoms with E-state index in [2.05, 4.69) is 24.1 Å². The fraction of sp³-hybridized carbons (Fsp3) is 0.346. The van der Waals surface area contributed by atoms with Gasteiger partial charge in [-0.05, 0) is 36.6 Å². The van der Waals surface area contributed by atoms with Crippen molar-refractivity contribution in [3.05, 3.63) is 75.7 Å². The van der Waals surface area contributed by atoms with Crippen LogP contribution < -0.4 is 14.8 Å². The van der Waals surface area contributed by atoms with Gasteiger partial charge >= 0.3 is 5.97 Å². The van der Waals surface area contributed by atoms with Crippen LogP contribution in [0, 0.1) is 5.92 Å². The average Bonchev–Trinajstić information content (AvgIpc) is 3.28. The summed E-state index contributed by atoms with van der Waals surface area (Å²) in [5.74, 6) is 0.894. The fourth-order valence-electron chi connectivity index (χ4n) is 2.99. The minimum atomic E-state index is -0.480. The standard InChI is InChI=1S/C26H30N2O5S/c1-4-31-23-12-20(10-11-22(23)32-15-18(2)3)26(30)33-16-21-17-34-25(28-21)13-24(29)27-14-19-8-6-5-7-9-19/h5-12,17-18H,4,13-16H2,1-3H3,(H,27,29). The molecule has 1 N–H and O–H groups in total. The Kier molecular flexibility index (Phi) is 9.46. The number of carbonyl (C=O) groups is 2. The summed E-state index contributed by atoms with van der Waals surface area (Å²) in [6, 6.07) is 14.7. The lowest BCUT2D eigenvalue weighted by Gasteiger charge is -2.14. The smallest absolute Gasteiger partial charge is 0.338 e. The highest BCUT2D eigenvalue weighted by Gasteiger charge is 2.15. The number of nitrogens with zero attached hydrogens (tertiary/aromatic N) is 1. The lowest BCUT2D eigenvalue weighted by Crippen LogP contribution is -2.24. The molecule has 0 spiro atoms. The van der Waals surface area contributed by atoms with E-state index in [0.29, 0.717) is 53.4 Å². The number of benzene rings is 2. The Morgan fingerprint density at radius 2 is 1.85 bits per heavy atom. The molecule has 0 radical (unpaired) electrons. The van der Waals surface area contributed by atoms with Gasteiger partial charge in [-0.15, -0.1) is 11.3 Å². The molecule has 1 heterocycles. The Hall–Kier alpha value is -3.39. The van der Waals surface area contributed by atoms with Crippen LogP contribution >= 0.6 is 11.3 Å². The van der Waals surface area contributed by atoms with Crippen LogP contribution in [0.3, 0.4) is 0 Å². The predicted octanol–water partition coefficient (Wildman–Crippen LogP) is 4.79. The Balaban J connectivity index is 1.51. The highest BCUT2D eigenvalue weighted by atomic mass is 32.1. The van der Waals surface area contributed by atoms with E-state index in [4.69, 9.17) is 14.2 Å². The Morgan fingerprint density at radius 3 is 2.59 bits per heavy atom. The summed E-state index contributed by atoms with van der Waals surface area (Å²) in [4.78, 5) is 29.1. The van der Waals surface area contributed by atoms with E-state index in [0.717, 1.165) is 5.56 Å². The lowest BCUT2D eigenvalue weighted by atomic mass is 10.2. The first-order valence-electron chi connectivity index (χ1n) is 11.2. The zero-order valence-electron chi connectivity index (χ0n) is 19.7. The first-order chi connectivity index (χ1) is 16.4. The Morgan fingerprint density at radius 1 is 1.06 bits per heavy atom. The summed E-state index contributed by atoms with van der Waals surface area (Å²) >= 11 is 1.37. The molecule has 180 valence electrons. The molecule has 2 aromatic carbocycles. The average molecular weight is 483 g/mol. The molecule has 8 heteroatoms. The zero-order chi connectivity index (χ0) is 24.3. The van der Waals surface area contributed by atoms with Gasteiger partial charge in [0.05, 0.1) is 30.9 Å². The molecular weight excluding hydrogens is 452 g/mol. The molecule has 7 nitrogen and oxygen atoms in total. The van der Waals surface area contributed by atoms with Gasteiger partial charge in [0.15, 0.2) is 11.5 Å². The number of aromatic nitrogens is 1. The summed E-state index contributed by atoms with van der Waals surface area (Å²) in [5.41, 5.74) is 2.01. The van der Waals surface area contributed by atoms with E-state index in [-0.39, 0.29) is 18.9 Å². The van der Waals surface area contributed by atoms with Gasteiger partial charge in [0.25, 0.3) is 0 Å². The fourth-order valence-corrected chi connectivity index (χ4v) is 3.77. The van der Waals surface area contributed by atoms with Crippen LogP contribution in [0.5, 0.6) is 11.5 Å². The van der Waals surface area contributed by atoms with Crippen molar-refractivity contribution in [2.24, 2.45) is 5.92 Å². The van der Waals surface area contributed by atoms with Crippen LogP contribution in [0.4, 0.5) is 0 Å². The second-order valence-corrected chi connectivity index (χ2v) is 8.99. The van der Waals surface area contributed by atoms with E-state index in [1.165, 1.54) is 11.3 Å². The van der Waals surface area contributed by atoms with Gasteiger partial charge in [-0.2, -0.15) is 0 Å². The van der Waals surface area contributed by atoms with Gasteiger partial charge in [-0.25, -0.2) is 9.78 Å². The second kappa shape index (κ2) is 12.7. The van der Waals surface area contributed by atoms with Crippen LogP contribution in [0.15, 0.2) is 53.9 Å². The summed E-state index contributed by atoms with van der Waals surface area (Å²) < 4.78 is 16.8. The topological polar surface area (TPSA) is 86.8 Å². The normalized spacial score (nSPS) is 10.7. The molecule has 0 unspecified atom stereocenters. The molecule has 0 aliphatic carbocycles. The first kappa shape index (κ1) is 25.2. The maximum Gasteiger partial charge on any atom is 0.338 e. The summed E-state index contributed by atoms with van der Waals surface area (Å²) in [6.07, 6.45) is 0.182. The number of nitrogens with one attached hydrogen (secondary N) is 1. The van der Waals surface area contributed by atoms with Gasteiger partial charge in [-0.3, -0.25) is 4.79 Å². The quantitative estimate of drug-likeness (QED) is 0.374. The van der Waals surface area contributed by atoms with Crippen molar-refractivity contribution in [3.63, 3.8) is 0 Å². The maximum absolute atomic E-state index is 12.5. The van der Waals surface area contributed by atoms with Crippen LogP contribution in [0.1, 0.15) is 47.4 Å². The molecule has 0 saturated carbocycles. The van der Waals surface area contributed by atoms with Crippen LogP contribution in [0.25, 0.3) is 0 Å². The van der Waals surface area contributed by atoms with Gasteiger partial charge in [0, 0.05) is 11.9 Å².